The highest BCUT2D eigenvalue weighted by atomic mass is 32.1. The van der Waals surface area contributed by atoms with Gasteiger partial charge in [0, 0.05) is 62.9 Å². The van der Waals surface area contributed by atoms with Crippen molar-refractivity contribution in [1.82, 2.24) is 19.9 Å². The molecule has 0 unspecified atom stereocenters. The summed E-state index contributed by atoms with van der Waals surface area (Å²) in [6, 6.07) is 3.16. The molecule has 0 saturated heterocycles. The molecular weight excluding hydrogens is 412 g/mol. The second kappa shape index (κ2) is 8.27. The SMILES string of the molecule is CC(=O)Nc1cc(Nc2cc(C)nc(C(C)(F)F)n2)c(-c2csc(N(C)C)n2)cn1. The van der Waals surface area contributed by atoms with Crippen molar-refractivity contribution in [3.63, 3.8) is 0 Å². The summed E-state index contributed by atoms with van der Waals surface area (Å²) in [5, 5.41) is 8.33. The molecule has 0 radical (unpaired) electrons. The topological polar surface area (TPSA) is 95.9 Å². The molecule has 3 aromatic rings. The molecule has 30 heavy (non-hydrogen) atoms. The standard InChI is InChI=1S/C19H21F2N7OS/c1-10-6-16(27-17(23-10)19(3,20)21)25-13-7-15(24-11(2)29)22-8-12(13)14-9-30-18(26-14)28(4)5/h6-9H,1-5H3,(H2,22,23,24,25,27,29). The van der Waals surface area contributed by atoms with E-state index in [1.807, 2.05) is 24.4 Å². The van der Waals surface area contributed by atoms with Gasteiger partial charge in [-0.05, 0) is 6.92 Å². The van der Waals surface area contributed by atoms with E-state index in [-0.39, 0.29) is 11.7 Å². The predicted octanol–water partition coefficient (Wildman–Crippen LogP) is 4.18. The van der Waals surface area contributed by atoms with Crippen LogP contribution in [-0.4, -0.2) is 39.9 Å². The lowest BCUT2D eigenvalue weighted by Crippen LogP contribution is -2.14. The first kappa shape index (κ1) is 21.5. The van der Waals surface area contributed by atoms with Gasteiger partial charge in [0.1, 0.15) is 11.6 Å². The van der Waals surface area contributed by atoms with Crippen LogP contribution in [0.15, 0.2) is 23.7 Å². The highest BCUT2D eigenvalue weighted by Crippen LogP contribution is 2.34. The minimum absolute atomic E-state index is 0.198. The van der Waals surface area contributed by atoms with Gasteiger partial charge in [-0.15, -0.1) is 11.3 Å². The molecule has 0 fully saturated rings. The zero-order chi connectivity index (χ0) is 22.1. The molecule has 0 aromatic carbocycles. The maximum Gasteiger partial charge on any atom is 0.303 e. The van der Waals surface area contributed by atoms with Crippen LogP contribution in [0.2, 0.25) is 0 Å². The van der Waals surface area contributed by atoms with Crippen molar-refractivity contribution in [1.29, 1.82) is 0 Å². The summed E-state index contributed by atoms with van der Waals surface area (Å²) in [7, 11) is 3.77. The van der Waals surface area contributed by atoms with E-state index in [1.165, 1.54) is 18.3 Å². The number of thiazole rings is 1. The second-order valence-electron chi connectivity index (χ2n) is 6.94. The van der Waals surface area contributed by atoms with Gasteiger partial charge in [-0.2, -0.15) is 8.78 Å². The summed E-state index contributed by atoms with van der Waals surface area (Å²) >= 11 is 1.46. The summed E-state index contributed by atoms with van der Waals surface area (Å²) in [6.45, 7) is 3.73. The van der Waals surface area contributed by atoms with Crippen LogP contribution in [0.3, 0.4) is 0 Å². The number of anilines is 4. The van der Waals surface area contributed by atoms with Gasteiger partial charge in [0.15, 0.2) is 5.13 Å². The van der Waals surface area contributed by atoms with Gasteiger partial charge in [-0.3, -0.25) is 4.79 Å². The normalized spacial score (nSPS) is 11.3. The smallest absolute Gasteiger partial charge is 0.303 e. The van der Waals surface area contributed by atoms with Crippen LogP contribution < -0.4 is 15.5 Å². The van der Waals surface area contributed by atoms with Gasteiger partial charge in [-0.1, -0.05) is 0 Å². The molecular formula is C19H21F2N7OS. The fraction of sp³-hybridized carbons (Fsp3) is 0.316. The molecule has 0 saturated carbocycles. The Morgan fingerprint density at radius 1 is 1.17 bits per heavy atom. The van der Waals surface area contributed by atoms with Crippen molar-refractivity contribution in [2.24, 2.45) is 0 Å². The number of hydrogen-bond acceptors (Lipinski definition) is 8. The lowest BCUT2D eigenvalue weighted by molar-refractivity contribution is -0.114. The van der Waals surface area contributed by atoms with Crippen molar-refractivity contribution in [3.8, 4) is 11.3 Å². The zero-order valence-corrected chi connectivity index (χ0v) is 17.9. The maximum absolute atomic E-state index is 13.8. The van der Waals surface area contributed by atoms with Crippen molar-refractivity contribution in [2.75, 3.05) is 29.6 Å². The van der Waals surface area contributed by atoms with Crippen LogP contribution in [-0.2, 0) is 10.7 Å². The van der Waals surface area contributed by atoms with E-state index < -0.39 is 11.7 Å². The van der Waals surface area contributed by atoms with E-state index in [1.54, 1.807) is 25.3 Å². The first-order valence-corrected chi connectivity index (χ1v) is 9.83. The summed E-state index contributed by atoms with van der Waals surface area (Å²) < 4.78 is 27.5. The van der Waals surface area contributed by atoms with Crippen LogP contribution in [0.25, 0.3) is 11.3 Å². The Balaban J connectivity index is 2.07. The number of nitrogens with one attached hydrogen (secondary N) is 2. The maximum atomic E-state index is 13.8. The lowest BCUT2D eigenvalue weighted by Gasteiger charge is -2.15. The number of carbonyl (C=O) groups is 1. The Morgan fingerprint density at radius 2 is 1.90 bits per heavy atom. The fourth-order valence-electron chi connectivity index (χ4n) is 2.57. The Bertz CT molecular complexity index is 1080. The van der Waals surface area contributed by atoms with Gasteiger partial charge in [-0.25, -0.2) is 19.9 Å². The first-order valence-electron chi connectivity index (χ1n) is 8.95. The van der Waals surface area contributed by atoms with Crippen LogP contribution in [0, 0.1) is 6.92 Å². The number of rotatable bonds is 6. The molecule has 0 bridgehead atoms. The number of aromatic nitrogens is 4. The minimum Gasteiger partial charge on any atom is -0.354 e. The molecule has 0 aliphatic carbocycles. The van der Waals surface area contributed by atoms with Crippen molar-refractivity contribution in [3.05, 3.63) is 35.2 Å². The number of aryl methyl sites for hydroxylation is 1. The monoisotopic (exact) mass is 433 g/mol. The Hall–Kier alpha value is -3.21. The van der Waals surface area contributed by atoms with Gasteiger partial charge in [0.25, 0.3) is 0 Å². The molecule has 0 aliphatic heterocycles. The van der Waals surface area contributed by atoms with Crippen molar-refractivity contribution in [2.45, 2.75) is 26.7 Å². The molecule has 3 aromatic heterocycles. The van der Waals surface area contributed by atoms with E-state index in [2.05, 4.69) is 30.6 Å². The Kier molecular flexibility index (Phi) is 5.92. The molecule has 3 rings (SSSR count). The third-order valence-corrected chi connectivity index (χ3v) is 4.88. The quantitative estimate of drug-likeness (QED) is 0.602. The van der Waals surface area contributed by atoms with Crippen LogP contribution in [0.4, 0.5) is 31.2 Å². The molecule has 0 spiro atoms. The van der Waals surface area contributed by atoms with E-state index in [4.69, 9.17) is 0 Å². The lowest BCUT2D eigenvalue weighted by atomic mass is 10.1. The zero-order valence-electron chi connectivity index (χ0n) is 17.1. The third-order valence-electron chi connectivity index (χ3n) is 3.87. The summed E-state index contributed by atoms with van der Waals surface area (Å²) in [6.07, 6.45) is 1.56. The number of alkyl halides is 2. The molecule has 2 N–H and O–H groups in total. The van der Waals surface area contributed by atoms with Crippen LogP contribution >= 0.6 is 11.3 Å². The predicted molar refractivity (Wildman–Crippen MR) is 114 cm³/mol. The number of hydrogen-bond donors (Lipinski definition) is 2. The molecule has 1 amide bonds. The molecule has 8 nitrogen and oxygen atoms in total. The van der Waals surface area contributed by atoms with Crippen molar-refractivity contribution >= 4 is 39.7 Å². The van der Waals surface area contributed by atoms with Crippen LogP contribution in [0.5, 0.6) is 0 Å². The van der Waals surface area contributed by atoms with Gasteiger partial charge in [0.05, 0.1) is 11.4 Å². The van der Waals surface area contributed by atoms with Gasteiger partial charge in [0.2, 0.25) is 11.7 Å². The van der Waals surface area contributed by atoms with E-state index in [9.17, 15) is 13.6 Å². The average Bonchev–Trinajstić information content (AvgIpc) is 3.10. The number of pyridine rings is 1. The fourth-order valence-corrected chi connectivity index (χ4v) is 3.33. The molecule has 3 heterocycles. The van der Waals surface area contributed by atoms with E-state index in [0.717, 1.165) is 12.1 Å². The number of amides is 1. The van der Waals surface area contributed by atoms with Crippen molar-refractivity contribution < 1.29 is 13.6 Å². The largest absolute Gasteiger partial charge is 0.354 e. The summed E-state index contributed by atoms with van der Waals surface area (Å²) in [5.41, 5.74) is 2.19. The molecule has 0 atom stereocenters. The molecule has 0 aliphatic rings. The minimum atomic E-state index is -3.18. The van der Waals surface area contributed by atoms with Gasteiger partial charge >= 0.3 is 5.92 Å². The van der Waals surface area contributed by atoms with E-state index >= 15 is 0 Å². The molecule has 11 heteroatoms. The highest BCUT2D eigenvalue weighted by molar-refractivity contribution is 7.14. The number of nitrogens with zero attached hydrogens (tertiary/aromatic N) is 5. The second-order valence-corrected chi connectivity index (χ2v) is 7.77. The molecule has 158 valence electrons. The average molecular weight is 433 g/mol. The highest BCUT2D eigenvalue weighted by Gasteiger charge is 2.29. The third kappa shape index (κ3) is 5.03. The van der Waals surface area contributed by atoms with Gasteiger partial charge < -0.3 is 15.5 Å². The summed E-state index contributed by atoms with van der Waals surface area (Å²) in [5.74, 6) is -3.53. The Morgan fingerprint density at radius 3 is 2.50 bits per heavy atom. The van der Waals surface area contributed by atoms with E-state index in [0.29, 0.717) is 28.5 Å². The first-order chi connectivity index (χ1) is 14.0. The van der Waals surface area contributed by atoms with Crippen LogP contribution in [0.1, 0.15) is 25.4 Å². The summed E-state index contributed by atoms with van der Waals surface area (Å²) in [4.78, 5) is 29.9. The number of carbonyl (C=O) groups excluding carboxylic acids is 1. The Labute approximate surface area is 176 Å². The number of halogens is 2.